The van der Waals surface area contributed by atoms with Crippen LogP contribution in [0.15, 0.2) is 24.3 Å². The highest BCUT2D eigenvalue weighted by atomic mass is 32.1. The van der Waals surface area contributed by atoms with Gasteiger partial charge in [0.25, 0.3) is 0 Å². The SMILES string of the molecule is NC(=S)Cc1ccc(CN2CCNCC2)cc1. The lowest BCUT2D eigenvalue weighted by atomic mass is 10.1. The molecule has 1 heterocycles. The van der Waals surface area contributed by atoms with Crippen molar-refractivity contribution in [2.45, 2.75) is 13.0 Å². The normalized spacial score (nSPS) is 16.9. The van der Waals surface area contributed by atoms with E-state index in [-0.39, 0.29) is 0 Å². The zero-order valence-electron chi connectivity index (χ0n) is 9.98. The van der Waals surface area contributed by atoms with E-state index in [0.717, 1.165) is 32.7 Å². The third-order valence-electron chi connectivity index (χ3n) is 3.02. The molecular weight excluding hydrogens is 230 g/mol. The minimum atomic E-state index is 0.555. The predicted molar refractivity (Wildman–Crippen MR) is 75.1 cm³/mol. The van der Waals surface area contributed by atoms with Gasteiger partial charge in [0, 0.05) is 39.1 Å². The van der Waals surface area contributed by atoms with Gasteiger partial charge < -0.3 is 11.1 Å². The van der Waals surface area contributed by atoms with Crippen molar-refractivity contribution in [3.8, 4) is 0 Å². The van der Waals surface area contributed by atoms with E-state index < -0.39 is 0 Å². The van der Waals surface area contributed by atoms with Crippen LogP contribution in [-0.2, 0) is 13.0 Å². The molecule has 92 valence electrons. The lowest BCUT2D eigenvalue weighted by Crippen LogP contribution is -2.42. The first-order chi connectivity index (χ1) is 8.24. The van der Waals surface area contributed by atoms with Crippen LogP contribution in [0.25, 0.3) is 0 Å². The molecule has 3 N–H and O–H groups in total. The molecular formula is C13H19N3S. The molecule has 0 saturated carbocycles. The summed E-state index contributed by atoms with van der Waals surface area (Å²) in [5.74, 6) is 0. The van der Waals surface area contributed by atoms with Gasteiger partial charge in [-0.05, 0) is 11.1 Å². The number of piperazine rings is 1. The van der Waals surface area contributed by atoms with E-state index in [4.69, 9.17) is 18.0 Å². The van der Waals surface area contributed by atoms with Gasteiger partial charge in [-0.1, -0.05) is 36.5 Å². The Morgan fingerprint density at radius 1 is 1.18 bits per heavy atom. The van der Waals surface area contributed by atoms with Gasteiger partial charge in [-0.2, -0.15) is 0 Å². The van der Waals surface area contributed by atoms with Crippen LogP contribution >= 0.6 is 12.2 Å². The highest BCUT2D eigenvalue weighted by Crippen LogP contribution is 2.08. The molecule has 1 saturated heterocycles. The molecule has 0 unspecified atom stereocenters. The molecule has 0 amide bonds. The number of hydrogen-bond donors (Lipinski definition) is 2. The first kappa shape index (κ1) is 12.5. The second-order valence-corrected chi connectivity index (χ2v) is 5.01. The van der Waals surface area contributed by atoms with E-state index in [1.807, 2.05) is 0 Å². The molecule has 0 atom stereocenters. The molecule has 0 bridgehead atoms. The Balaban J connectivity index is 1.90. The molecule has 0 aliphatic carbocycles. The maximum absolute atomic E-state index is 5.53. The summed E-state index contributed by atoms with van der Waals surface area (Å²) < 4.78 is 0. The Labute approximate surface area is 108 Å². The van der Waals surface area contributed by atoms with Gasteiger partial charge in [0.1, 0.15) is 0 Å². The molecule has 1 aromatic carbocycles. The fraction of sp³-hybridized carbons (Fsp3) is 0.462. The first-order valence-corrected chi connectivity index (χ1v) is 6.44. The van der Waals surface area contributed by atoms with Gasteiger partial charge in [0.05, 0.1) is 4.99 Å². The summed E-state index contributed by atoms with van der Waals surface area (Å²) in [5.41, 5.74) is 8.08. The van der Waals surface area contributed by atoms with Gasteiger partial charge in [0.2, 0.25) is 0 Å². The van der Waals surface area contributed by atoms with Crippen LogP contribution in [-0.4, -0.2) is 36.1 Å². The van der Waals surface area contributed by atoms with E-state index >= 15 is 0 Å². The number of thiocarbonyl (C=S) groups is 1. The Bertz CT molecular complexity index is 369. The van der Waals surface area contributed by atoms with Crippen molar-refractivity contribution in [3.05, 3.63) is 35.4 Å². The third kappa shape index (κ3) is 4.07. The van der Waals surface area contributed by atoms with Crippen molar-refractivity contribution >= 4 is 17.2 Å². The van der Waals surface area contributed by atoms with Gasteiger partial charge in [0.15, 0.2) is 0 Å². The molecule has 17 heavy (non-hydrogen) atoms. The molecule has 3 nitrogen and oxygen atoms in total. The second kappa shape index (κ2) is 6.10. The second-order valence-electron chi connectivity index (χ2n) is 4.49. The highest BCUT2D eigenvalue weighted by molar-refractivity contribution is 7.80. The topological polar surface area (TPSA) is 41.3 Å². The molecule has 1 aromatic rings. The summed E-state index contributed by atoms with van der Waals surface area (Å²) in [6.07, 6.45) is 0.698. The average Bonchev–Trinajstić information content (AvgIpc) is 2.32. The fourth-order valence-electron chi connectivity index (χ4n) is 2.09. The smallest absolute Gasteiger partial charge is 0.0771 e. The summed E-state index contributed by atoms with van der Waals surface area (Å²) in [6, 6.07) is 8.60. The van der Waals surface area contributed by atoms with Gasteiger partial charge >= 0.3 is 0 Å². The molecule has 0 aromatic heterocycles. The number of benzene rings is 1. The minimum absolute atomic E-state index is 0.555. The Kier molecular flexibility index (Phi) is 4.48. The van der Waals surface area contributed by atoms with Crippen LogP contribution in [0.5, 0.6) is 0 Å². The number of nitrogens with one attached hydrogen (secondary N) is 1. The van der Waals surface area contributed by atoms with E-state index in [9.17, 15) is 0 Å². The van der Waals surface area contributed by atoms with Crippen LogP contribution in [0.2, 0.25) is 0 Å². The quantitative estimate of drug-likeness (QED) is 0.779. The van der Waals surface area contributed by atoms with Crippen molar-refractivity contribution in [3.63, 3.8) is 0 Å². The summed E-state index contributed by atoms with van der Waals surface area (Å²) in [6.45, 7) is 5.50. The van der Waals surface area contributed by atoms with Gasteiger partial charge in [-0.25, -0.2) is 0 Å². The summed E-state index contributed by atoms with van der Waals surface area (Å²) >= 11 is 4.90. The minimum Gasteiger partial charge on any atom is -0.393 e. The Hall–Kier alpha value is -0.970. The van der Waals surface area contributed by atoms with E-state index in [1.165, 1.54) is 11.1 Å². The molecule has 0 radical (unpaired) electrons. The molecule has 1 aliphatic rings. The third-order valence-corrected chi connectivity index (χ3v) is 3.16. The maximum Gasteiger partial charge on any atom is 0.0771 e. The highest BCUT2D eigenvalue weighted by Gasteiger charge is 2.09. The first-order valence-electron chi connectivity index (χ1n) is 6.03. The lowest BCUT2D eigenvalue weighted by molar-refractivity contribution is 0.233. The van der Waals surface area contributed by atoms with Crippen molar-refractivity contribution in [2.24, 2.45) is 5.73 Å². The number of hydrogen-bond acceptors (Lipinski definition) is 3. The Morgan fingerprint density at radius 3 is 2.35 bits per heavy atom. The fourth-order valence-corrected chi connectivity index (χ4v) is 2.26. The van der Waals surface area contributed by atoms with Crippen molar-refractivity contribution in [1.29, 1.82) is 0 Å². The standard InChI is InChI=1S/C13H19N3S/c14-13(17)9-11-1-3-12(4-2-11)10-16-7-5-15-6-8-16/h1-4,15H,5-10H2,(H2,14,17). The number of nitrogens with zero attached hydrogens (tertiary/aromatic N) is 1. The molecule has 0 spiro atoms. The van der Waals surface area contributed by atoms with Crippen LogP contribution in [0.4, 0.5) is 0 Å². The summed E-state index contributed by atoms with van der Waals surface area (Å²) in [4.78, 5) is 3.03. The van der Waals surface area contributed by atoms with E-state index in [2.05, 4.69) is 34.5 Å². The molecule has 1 aliphatic heterocycles. The van der Waals surface area contributed by atoms with E-state index in [1.54, 1.807) is 0 Å². The van der Waals surface area contributed by atoms with Crippen molar-refractivity contribution < 1.29 is 0 Å². The van der Waals surface area contributed by atoms with E-state index in [0.29, 0.717) is 11.4 Å². The monoisotopic (exact) mass is 249 g/mol. The van der Waals surface area contributed by atoms with Crippen LogP contribution < -0.4 is 11.1 Å². The zero-order valence-corrected chi connectivity index (χ0v) is 10.8. The zero-order chi connectivity index (χ0) is 12.1. The summed E-state index contributed by atoms with van der Waals surface area (Å²) in [5, 5.41) is 3.36. The Morgan fingerprint density at radius 2 is 1.76 bits per heavy atom. The van der Waals surface area contributed by atoms with Crippen LogP contribution in [0, 0.1) is 0 Å². The molecule has 2 rings (SSSR count). The predicted octanol–water partition coefficient (Wildman–Crippen LogP) is 0.920. The van der Waals surface area contributed by atoms with Crippen LogP contribution in [0.1, 0.15) is 11.1 Å². The van der Waals surface area contributed by atoms with Crippen molar-refractivity contribution in [1.82, 2.24) is 10.2 Å². The van der Waals surface area contributed by atoms with Gasteiger partial charge in [-0.15, -0.1) is 0 Å². The molecule has 1 fully saturated rings. The average molecular weight is 249 g/mol. The summed E-state index contributed by atoms with van der Waals surface area (Å²) in [7, 11) is 0. The van der Waals surface area contributed by atoms with Crippen LogP contribution in [0.3, 0.4) is 0 Å². The lowest BCUT2D eigenvalue weighted by Gasteiger charge is -2.27. The maximum atomic E-state index is 5.53. The van der Waals surface area contributed by atoms with Gasteiger partial charge in [-0.3, -0.25) is 4.90 Å². The largest absolute Gasteiger partial charge is 0.393 e. The number of nitrogens with two attached hydrogens (primary N) is 1. The van der Waals surface area contributed by atoms with Crippen molar-refractivity contribution in [2.75, 3.05) is 26.2 Å². The number of rotatable bonds is 4. The molecule has 4 heteroatoms.